The smallest absolute Gasteiger partial charge is 0.219 e. The summed E-state index contributed by atoms with van der Waals surface area (Å²) in [5.41, 5.74) is 1.37. The molecule has 3 aliphatic heterocycles. The Hall–Kier alpha value is -1.43. The molecule has 0 aliphatic carbocycles. The van der Waals surface area contributed by atoms with Crippen molar-refractivity contribution in [2.45, 2.75) is 37.6 Å². The molecule has 0 saturated carbocycles. The predicted molar refractivity (Wildman–Crippen MR) is 87.8 cm³/mol. The number of fused-ring (bicyclic) bond motifs is 2. The zero-order valence-corrected chi connectivity index (χ0v) is 13.7. The van der Waals surface area contributed by atoms with Gasteiger partial charge in [0.2, 0.25) is 5.91 Å². The lowest BCUT2D eigenvalue weighted by Crippen LogP contribution is -2.78. The summed E-state index contributed by atoms with van der Waals surface area (Å²) in [6.45, 7) is 6.95. The molecule has 0 radical (unpaired) electrons. The summed E-state index contributed by atoms with van der Waals surface area (Å²) < 4.78 is 0. The number of benzene rings is 1. The third kappa shape index (κ3) is 2.67. The lowest BCUT2D eigenvalue weighted by molar-refractivity contribution is -0.154. The first-order chi connectivity index (χ1) is 11.1. The number of likely N-dealkylation sites (tertiary alicyclic amines) is 1. The van der Waals surface area contributed by atoms with Crippen molar-refractivity contribution in [1.29, 1.82) is 0 Å². The molecular formula is C18H25N3O2. The summed E-state index contributed by atoms with van der Waals surface area (Å²) in [5, 5.41) is 10.1. The molecule has 1 spiro atoms. The van der Waals surface area contributed by atoms with Gasteiger partial charge in [-0.2, -0.15) is 0 Å². The van der Waals surface area contributed by atoms with Crippen LogP contribution >= 0.6 is 0 Å². The zero-order valence-electron chi connectivity index (χ0n) is 13.7. The number of β-amino-alcohol motifs (C(OH)–C–C–N with tert-alkyl or cyclic N) is 1. The van der Waals surface area contributed by atoms with Crippen molar-refractivity contribution in [1.82, 2.24) is 14.7 Å². The molecule has 5 nitrogen and oxygen atoms in total. The maximum atomic E-state index is 11.6. The predicted octanol–water partition coefficient (Wildman–Crippen LogP) is 0.538. The normalized spacial score (nSPS) is 30.3. The Labute approximate surface area is 137 Å². The fourth-order valence-electron chi connectivity index (χ4n) is 4.65. The van der Waals surface area contributed by atoms with Gasteiger partial charge in [-0.05, 0) is 12.0 Å². The standard InChI is InChI=1S/C18H25N3O2/c1-14(22)20-12-18(13-20)11-19(8-15-5-3-2-4-6-15)9-16-7-17(23)10-21(16)18/h2-6,16-17,23H,7-13H2,1H3/t16-,17+/m0/s1. The van der Waals surface area contributed by atoms with Crippen LogP contribution in [0, 0.1) is 0 Å². The fraction of sp³-hybridized carbons (Fsp3) is 0.611. The molecule has 23 heavy (non-hydrogen) atoms. The maximum Gasteiger partial charge on any atom is 0.219 e. The van der Waals surface area contributed by atoms with Crippen LogP contribution in [0.5, 0.6) is 0 Å². The second kappa shape index (κ2) is 5.58. The van der Waals surface area contributed by atoms with E-state index in [1.54, 1.807) is 6.92 Å². The first kappa shape index (κ1) is 15.1. The van der Waals surface area contributed by atoms with Gasteiger partial charge in [-0.3, -0.25) is 14.6 Å². The lowest BCUT2D eigenvalue weighted by atomic mass is 9.83. The quantitative estimate of drug-likeness (QED) is 0.865. The van der Waals surface area contributed by atoms with E-state index in [9.17, 15) is 9.90 Å². The van der Waals surface area contributed by atoms with Crippen LogP contribution in [0.3, 0.4) is 0 Å². The van der Waals surface area contributed by atoms with E-state index in [-0.39, 0.29) is 17.6 Å². The van der Waals surface area contributed by atoms with Gasteiger partial charge in [0.15, 0.2) is 0 Å². The minimum absolute atomic E-state index is 0.0425. The van der Waals surface area contributed by atoms with Crippen LogP contribution in [0.1, 0.15) is 18.9 Å². The molecule has 2 atom stereocenters. The first-order valence-electron chi connectivity index (χ1n) is 8.52. The van der Waals surface area contributed by atoms with Crippen molar-refractivity contribution in [3.05, 3.63) is 35.9 Å². The van der Waals surface area contributed by atoms with Crippen LogP contribution in [0.2, 0.25) is 0 Å². The Balaban J connectivity index is 1.52. The van der Waals surface area contributed by atoms with Crippen LogP contribution in [-0.4, -0.2) is 76.1 Å². The maximum absolute atomic E-state index is 11.6. The van der Waals surface area contributed by atoms with Crippen molar-refractivity contribution in [3.8, 4) is 0 Å². The van der Waals surface area contributed by atoms with Gasteiger partial charge in [-0.15, -0.1) is 0 Å². The number of piperazine rings is 1. The Morgan fingerprint density at radius 1 is 1.22 bits per heavy atom. The third-order valence-electron chi connectivity index (χ3n) is 5.65. The molecule has 3 heterocycles. The van der Waals surface area contributed by atoms with E-state index in [0.29, 0.717) is 6.04 Å². The average Bonchev–Trinajstić information content (AvgIpc) is 2.85. The third-order valence-corrected chi connectivity index (χ3v) is 5.65. The SMILES string of the molecule is CC(=O)N1CC2(CN(Cc3ccccc3)C[C@@H]3C[C@@H](O)CN32)C1. The molecule has 1 amide bonds. The monoisotopic (exact) mass is 315 g/mol. The van der Waals surface area contributed by atoms with Gasteiger partial charge < -0.3 is 10.0 Å². The van der Waals surface area contributed by atoms with Crippen molar-refractivity contribution in [2.75, 3.05) is 32.7 Å². The molecule has 3 fully saturated rings. The highest BCUT2D eigenvalue weighted by molar-refractivity contribution is 5.74. The Morgan fingerprint density at radius 3 is 2.65 bits per heavy atom. The first-order valence-corrected chi connectivity index (χ1v) is 8.52. The molecule has 1 aromatic carbocycles. The molecule has 3 saturated heterocycles. The van der Waals surface area contributed by atoms with E-state index < -0.39 is 0 Å². The molecule has 124 valence electrons. The number of carbonyl (C=O) groups is 1. The minimum Gasteiger partial charge on any atom is -0.392 e. The van der Waals surface area contributed by atoms with Gasteiger partial charge in [-0.25, -0.2) is 0 Å². The van der Waals surface area contributed by atoms with Crippen molar-refractivity contribution >= 4 is 5.91 Å². The second-order valence-electron chi connectivity index (χ2n) is 7.45. The number of nitrogens with zero attached hydrogens (tertiary/aromatic N) is 3. The summed E-state index contributed by atoms with van der Waals surface area (Å²) in [6.07, 6.45) is 0.632. The highest BCUT2D eigenvalue weighted by atomic mass is 16.3. The Kier molecular flexibility index (Phi) is 3.67. The van der Waals surface area contributed by atoms with Crippen LogP contribution in [0.25, 0.3) is 0 Å². The lowest BCUT2D eigenvalue weighted by Gasteiger charge is -2.60. The molecule has 1 aromatic rings. The summed E-state index contributed by atoms with van der Waals surface area (Å²) >= 11 is 0. The number of aliphatic hydroxyl groups excluding tert-OH is 1. The topological polar surface area (TPSA) is 47.0 Å². The highest BCUT2D eigenvalue weighted by Gasteiger charge is 2.56. The molecule has 0 unspecified atom stereocenters. The summed E-state index contributed by atoms with van der Waals surface area (Å²) in [5.74, 6) is 0.159. The van der Waals surface area contributed by atoms with Gasteiger partial charge >= 0.3 is 0 Å². The summed E-state index contributed by atoms with van der Waals surface area (Å²) in [7, 11) is 0. The molecule has 5 heteroatoms. The van der Waals surface area contributed by atoms with Crippen LogP contribution in [0.4, 0.5) is 0 Å². The van der Waals surface area contributed by atoms with E-state index in [1.165, 1.54) is 5.56 Å². The van der Waals surface area contributed by atoms with Gasteiger partial charge in [0.25, 0.3) is 0 Å². The number of hydrogen-bond acceptors (Lipinski definition) is 4. The average molecular weight is 315 g/mol. The molecule has 4 rings (SSSR count). The van der Waals surface area contributed by atoms with Gasteiger partial charge in [0.05, 0.1) is 11.6 Å². The van der Waals surface area contributed by atoms with Crippen molar-refractivity contribution in [2.24, 2.45) is 0 Å². The number of aliphatic hydroxyl groups is 1. The molecule has 0 bridgehead atoms. The van der Waals surface area contributed by atoms with E-state index in [0.717, 1.165) is 45.7 Å². The molecular weight excluding hydrogens is 290 g/mol. The minimum atomic E-state index is -0.222. The Bertz CT molecular complexity index is 585. The number of rotatable bonds is 2. The van der Waals surface area contributed by atoms with E-state index in [4.69, 9.17) is 0 Å². The number of carbonyl (C=O) groups excluding carboxylic acids is 1. The van der Waals surface area contributed by atoms with Crippen molar-refractivity contribution in [3.63, 3.8) is 0 Å². The van der Waals surface area contributed by atoms with E-state index in [2.05, 4.69) is 34.1 Å². The summed E-state index contributed by atoms with van der Waals surface area (Å²) in [6, 6.07) is 11.0. The van der Waals surface area contributed by atoms with Crippen molar-refractivity contribution < 1.29 is 9.90 Å². The van der Waals surface area contributed by atoms with Gasteiger partial charge in [-0.1, -0.05) is 30.3 Å². The van der Waals surface area contributed by atoms with Crippen LogP contribution in [0.15, 0.2) is 30.3 Å². The summed E-state index contributed by atoms with van der Waals surface area (Å²) in [4.78, 5) is 18.5. The fourth-order valence-corrected chi connectivity index (χ4v) is 4.65. The number of amides is 1. The number of hydrogen-bond donors (Lipinski definition) is 1. The van der Waals surface area contributed by atoms with Gasteiger partial charge in [0, 0.05) is 52.2 Å². The van der Waals surface area contributed by atoms with E-state index >= 15 is 0 Å². The van der Waals surface area contributed by atoms with Crippen LogP contribution in [-0.2, 0) is 11.3 Å². The zero-order chi connectivity index (χ0) is 16.0. The largest absolute Gasteiger partial charge is 0.392 e. The molecule has 3 aliphatic rings. The molecule has 1 N–H and O–H groups in total. The van der Waals surface area contributed by atoms with Crippen LogP contribution < -0.4 is 0 Å². The molecule has 0 aromatic heterocycles. The van der Waals surface area contributed by atoms with Gasteiger partial charge in [0.1, 0.15) is 0 Å². The Morgan fingerprint density at radius 2 is 1.96 bits per heavy atom. The highest BCUT2D eigenvalue weighted by Crippen LogP contribution is 2.39. The second-order valence-corrected chi connectivity index (χ2v) is 7.45. The van der Waals surface area contributed by atoms with E-state index in [1.807, 2.05) is 11.0 Å².